The van der Waals surface area contributed by atoms with Crippen LogP contribution in [0.5, 0.6) is 0 Å². The predicted molar refractivity (Wildman–Crippen MR) is 62.0 cm³/mol. The summed E-state index contributed by atoms with van der Waals surface area (Å²) in [5.41, 5.74) is 5.85. The molecule has 0 heterocycles. The van der Waals surface area contributed by atoms with Crippen LogP contribution in [0.2, 0.25) is 0 Å². The minimum Gasteiger partial charge on any atom is -0.367 e. The van der Waals surface area contributed by atoms with Crippen LogP contribution >= 0.6 is 0 Å². The van der Waals surface area contributed by atoms with E-state index in [1.807, 2.05) is 37.3 Å². The van der Waals surface area contributed by atoms with Crippen molar-refractivity contribution in [1.29, 1.82) is 0 Å². The Morgan fingerprint density at radius 3 is 2.62 bits per heavy atom. The van der Waals surface area contributed by atoms with E-state index in [2.05, 4.69) is 0 Å². The molecule has 1 aliphatic rings. The van der Waals surface area contributed by atoms with Gasteiger partial charge in [-0.25, -0.2) is 0 Å². The summed E-state index contributed by atoms with van der Waals surface area (Å²) in [6.45, 7) is 2.41. The van der Waals surface area contributed by atoms with Gasteiger partial charge in [-0.2, -0.15) is 0 Å². The Balaban J connectivity index is 2.26. The highest BCUT2D eigenvalue weighted by molar-refractivity contribution is 5.86. The first-order valence-corrected chi connectivity index (χ1v) is 5.69. The third-order valence-electron chi connectivity index (χ3n) is 3.39. The molecule has 1 aromatic rings. The van der Waals surface area contributed by atoms with Crippen LogP contribution in [0.1, 0.15) is 31.2 Å². The Morgan fingerprint density at radius 2 is 2.19 bits per heavy atom. The molecule has 2 rings (SSSR count). The SMILES string of the molecule is CCOC1(C(N)=O)CCC1c1ccccc1. The summed E-state index contributed by atoms with van der Waals surface area (Å²) in [5.74, 6) is -0.222. The number of amides is 1. The van der Waals surface area contributed by atoms with Crippen LogP contribution in [0.3, 0.4) is 0 Å². The molecule has 0 spiro atoms. The second kappa shape index (κ2) is 4.26. The van der Waals surface area contributed by atoms with Gasteiger partial charge < -0.3 is 10.5 Å². The van der Waals surface area contributed by atoms with Crippen LogP contribution in [0.25, 0.3) is 0 Å². The van der Waals surface area contributed by atoms with E-state index in [1.165, 1.54) is 0 Å². The lowest BCUT2D eigenvalue weighted by Crippen LogP contribution is -2.57. The van der Waals surface area contributed by atoms with Gasteiger partial charge in [0, 0.05) is 12.5 Å². The molecule has 16 heavy (non-hydrogen) atoms. The monoisotopic (exact) mass is 219 g/mol. The normalized spacial score (nSPS) is 28.4. The molecule has 0 aromatic heterocycles. The molecule has 2 N–H and O–H groups in total. The van der Waals surface area contributed by atoms with Crippen LogP contribution in [-0.4, -0.2) is 18.1 Å². The van der Waals surface area contributed by atoms with E-state index < -0.39 is 5.60 Å². The van der Waals surface area contributed by atoms with Crippen molar-refractivity contribution in [2.75, 3.05) is 6.61 Å². The Hall–Kier alpha value is -1.35. The fourth-order valence-corrected chi connectivity index (χ4v) is 2.47. The summed E-state index contributed by atoms with van der Waals surface area (Å²) in [6, 6.07) is 9.98. The second-order valence-corrected chi connectivity index (χ2v) is 4.19. The van der Waals surface area contributed by atoms with E-state index in [4.69, 9.17) is 10.5 Å². The molecule has 1 aliphatic carbocycles. The van der Waals surface area contributed by atoms with Crippen molar-refractivity contribution in [3.8, 4) is 0 Å². The van der Waals surface area contributed by atoms with Gasteiger partial charge in [0.15, 0.2) is 5.60 Å². The highest BCUT2D eigenvalue weighted by atomic mass is 16.5. The maximum absolute atomic E-state index is 11.6. The van der Waals surface area contributed by atoms with Gasteiger partial charge in [0.2, 0.25) is 5.91 Å². The van der Waals surface area contributed by atoms with Crippen molar-refractivity contribution in [3.63, 3.8) is 0 Å². The number of nitrogens with two attached hydrogens (primary N) is 1. The lowest BCUT2D eigenvalue weighted by atomic mass is 9.65. The van der Waals surface area contributed by atoms with Gasteiger partial charge >= 0.3 is 0 Å². The summed E-state index contributed by atoms with van der Waals surface area (Å²) in [5, 5.41) is 0. The zero-order valence-electron chi connectivity index (χ0n) is 9.48. The number of primary amides is 1. The number of benzene rings is 1. The Kier molecular flexibility index (Phi) is 2.97. The summed E-state index contributed by atoms with van der Waals surface area (Å²) in [4.78, 5) is 11.6. The zero-order valence-corrected chi connectivity index (χ0v) is 9.48. The van der Waals surface area contributed by atoms with Crippen molar-refractivity contribution in [2.45, 2.75) is 31.3 Å². The van der Waals surface area contributed by atoms with E-state index in [-0.39, 0.29) is 11.8 Å². The lowest BCUT2D eigenvalue weighted by Gasteiger charge is -2.46. The molecule has 0 aliphatic heterocycles. The van der Waals surface area contributed by atoms with E-state index in [9.17, 15) is 4.79 Å². The third-order valence-corrected chi connectivity index (χ3v) is 3.39. The number of hydrogen-bond donors (Lipinski definition) is 1. The molecule has 1 saturated carbocycles. The summed E-state index contributed by atoms with van der Waals surface area (Å²) in [7, 11) is 0. The lowest BCUT2D eigenvalue weighted by molar-refractivity contribution is -0.161. The second-order valence-electron chi connectivity index (χ2n) is 4.19. The van der Waals surface area contributed by atoms with E-state index >= 15 is 0 Å². The van der Waals surface area contributed by atoms with Crippen molar-refractivity contribution in [3.05, 3.63) is 35.9 Å². The van der Waals surface area contributed by atoms with Gasteiger partial charge in [0.05, 0.1) is 0 Å². The van der Waals surface area contributed by atoms with Gasteiger partial charge in [-0.05, 0) is 25.3 Å². The fraction of sp³-hybridized carbons (Fsp3) is 0.462. The number of hydrogen-bond acceptors (Lipinski definition) is 2. The van der Waals surface area contributed by atoms with Gasteiger partial charge in [-0.3, -0.25) is 4.79 Å². The van der Waals surface area contributed by atoms with Gasteiger partial charge in [-0.15, -0.1) is 0 Å². The first-order valence-electron chi connectivity index (χ1n) is 5.69. The van der Waals surface area contributed by atoms with Gasteiger partial charge in [-0.1, -0.05) is 30.3 Å². The topological polar surface area (TPSA) is 52.3 Å². The van der Waals surface area contributed by atoms with E-state index in [0.29, 0.717) is 6.61 Å². The third kappa shape index (κ3) is 1.61. The molecule has 1 aromatic carbocycles. The average molecular weight is 219 g/mol. The Bertz CT molecular complexity index is 377. The molecule has 2 atom stereocenters. The van der Waals surface area contributed by atoms with Gasteiger partial charge in [0.1, 0.15) is 0 Å². The van der Waals surface area contributed by atoms with Crippen LogP contribution in [0.15, 0.2) is 30.3 Å². The number of rotatable bonds is 4. The first kappa shape index (κ1) is 11.1. The fourth-order valence-electron chi connectivity index (χ4n) is 2.47. The molecule has 0 saturated heterocycles. The maximum atomic E-state index is 11.6. The first-order chi connectivity index (χ1) is 7.70. The standard InChI is InChI=1S/C13H17NO2/c1-2-16-13(12(14)15)9-8-11(13)10-6-4-3-5-7-10/h3-7,11H,2,8-9H2,1H3,(H2,14,15). The molecule has 3 nitrogen and oxygen atoms in total. The molecule has 86 valence electrons. The van der Waals surface area contributed by atoms with Crippen molar-refractivity contribution in [1.82, 2.24) is 0 Å². The summed E-state index contributed by atoms with van der Waals surface area (Å²) in [6.07, 6.45) is 1.70. The van der Waals surface area contributed by atoms with Crippen LogP contribution in [-0.2, 0) is 9.53 Å². The largest absolute Gasteiger partial charge is 0.367 e. The molecule has 0 radical (unpaired) electrons. The smallest absolute Gasteiger partial charge is 0.250 e. The minimum absolute atomic E-state index is 0.117. The average Bonchev–Trinajstić information content (AvgIpc) is 2.25. The number of ether oxygens (including phenoxy) is 1. The Labute approximate surface area is 95.6 Å². The highest BCUT2D eigenvalue weighted by Gasteiger charge is 2.53. The molecule has 1 fully saturated rings. The van der Waals surface area contributed by atoms with Gasteiger partial charge in [0.25, 0.3) is 0 Å². The molecule has 1 amide bonds. The maximum Gasteiger partial charge on any atom is 0.250 e. The van der Waals surface area contributed by atoms with Crippen LogP contribution in [0.4, 0.5) is 0 Å². The molecule has 2 unspecified atom stereocenters. The minimum atomic E-state index is -0.768. The predicted octanol–water partition coefficient (Wildman–Crippen LogP) is 1.82. The molecular weight excluding hydrogens is 202 g/mol. The highest BCUT2D eigenvalue weighted by Crippen LogP contribution is 2.48. The molecule has 0 bridgehead atoms. The quantitative estimate of drug-likeness (QED) is 0.839. The number of carbonyl (C=O) groups excluding carboxylic acids is 1. The van der Waals surface area contributed by atoms with E-state index in [0.717, 1.165) is 18.4 Å². The van der Waals surface area contributed by atoms with E-state index in [1.54, 1.807) is 0 Å². The van der Waals surface area contributed by atoms with Crippen LogP contribution in [0, 0.1) is 0 Å². The van der Waals surface area contributed by atoms with Crippen LogP contribution < -0.4 is 5.73 Å². The Morgan fingerprint density at radius 1 is 1.50 bits per heavy atom. The molecular formula is C13H17NO2. The summed E-state index contributed by atoms with van der Waals surface area (Å²) < 4.78 is 5.62. The van der Waals surface area contributed by atoms with Crippen molar-refractivity contribution in [2.24, 2.45) is 5.73 Å². The number of carbonyl (C=O) groups is 1. The van der Waals surface area contributed by atoms with Crippen molar-refractivity contribution >= 4 is 5.91 Å². The van der Waals surface area contributed by atoms with Crippen molar-refractivity contribution < 1.29 is 9.53 Å². The zero-order chi connectivity index (χ0) is 11.6. The summed E-state index contributed by atoms with van der Waals surface area (Å²) >= 11 is 0. The molecule has 3 heteroatoms.